The van der Waals surface area contributed by atoms with Crippen molar-refractivity contribution in [1.82, 2.24) is 9.97 Å². The van der Waals surface area contributed by atoms with Crippen LogP contribution in [-0.4, -0.2) is 9.97 Å². The Bertz CT molecular complexity index is 1360. The molecule has 0 aliphatic heterocycles. The monoisotopic (exact) mass is 448 g/mol. The first-order chi connectivity index (χ1) is 16.1. The standard InChI is InChI=1S/C29H25N2OP/c1-4-12-25(5-2)33(32,26-15-10-7-11-16-26)27-19-17-24(18-20-27)29-21-28(30-22(3)31-29)23-13-8-6-9-14-23/h4-21H,1-2H2,3H3. The van der Waals surface area contributed by atoms with Crippen LogP contribution in [-0.2, 0) is 4.57 Å². The zero-order valence-corrected chi connectivity index (χ0v) is 19.5. The van der Waals surface area contributed by atoms with E-state index in [1.165, 1.54) is 0 Å². The molecule has 4 heteroatoms. The molecule has 4 aromatic rings. The van der Waals surface area contributed by atoms with Gasteiger partial charge in [0.1, 0.15) is 5.82 Å². The second kappa shape index (κ2) is 9.77. The van der Waals surface area contributed by atoms with Gasteiger partial charge in [-0.15, -0.1) is 0 Å². The summed E-state index contributed by atoms with van der Waals surface area (Å²) >= 11 is 0. The lowest BCUT2D eigenvalue weighted by molar-refractivity contribution is 0.591. The van der Waals surface area contributed by atoms with E-state index in [1.807, 2.05) is 97.9 Å². The molecular weight excluding hydrogens is 423 g/mol. The van der Waals surface area contributed by atoms with E-state index in [9.17, 15) is 4.57 Å². The minimum absolute atomic E-state index is 0.653. The molecular formula is C29H25N2OP. The number of nitrogens with zero attached hydrogens (tertiary/aromatic N) is 2. The topological polar surface area (TPSA) is 42.9 Å². The van der Waals surface area contributed by atoms with Crippen molar-refractivity contribution in [3.05, 3.63) is 134 Å². The van der Waals surface area contributed by atoms with Gasteiger partial charge in [-0.3, -0.25) is 0 Å². The lowest BCUT2D eigenvalue weighted by atomic mass is 10.1. The molecule has 1 unspecified atom stereocenters. The van der Waals surface area contributed by atoms with Gasteiger partial charge in [-0.2, -0.15) is 0 Å². The highest BCUT2D eigenvalue weighted by Crippen LogP contribution is 2.52. The first kappa shape index (κ1) is 22.4. The molecule has 162 valence electrons. The molecule has 3 nitrogen and oxygen atoms in total. The van der Waals surface area contributed by atoms with E-state index in [2.05, 4.69) is 23.1 Å². The maximum absolute atomic E-state index is 14.5. The van der Waals surface area contributed by atoms with E-state index in [0.29, 0.717) is 11.1 Å². The Morgan fingerprint density at radius 1 is 0.758 bits per heavy atom. The third kappa shape index (κ3) is 4.55. The smallest absolute Gasteiger partial charge is 0.170 e. The van der Waals surface area contributed by atoms with Gasteiger partial charge in [-0.1, -0.05) is 116 Å². The van der Waals surface area contributed by atoms with Gasteiger partial charge in [0, 0.05) is 27.1 Å². The normalized spacial score (nSPS) is 13.2. The van der Waals surface area contributed by atoms with Crippen molar-refractivity contribution in [3.8, 4) is 22.5 Å². The van der Waals surface area contributed by atoms with E-state index in [0.717, 1.165) is 33.1 Å². The van der Waals surface area contributed by atoms with Crippen LogP contribution in [0.2, 0.25) is 0 Å². The summed E-state index contributed by atoms with van der Waals surface area (Å²) in [6.45, 7) is 9.58. The predicted octanol–water partition coefficient (Wildman–Crippen LogP) is 6.69. The Labute approximate surface area is 195 Å². The fraction of sp³-hybridized carbons (Fsp3) is 0.0345. The van der Waals surface area contributed by atoms with Gasteiger partial charge in [0.05, 0.1) is 11.4 Å². The van der Waals surface area contributed by atoms with Crippen LogP contribution < -0.4 is 10.6 Å². The number of hydrogen-bond acceptors (Lipinski definition) is 3. The van der Waals surface area contributed by atoms with E-state index < -0.39 is 7.14 Å². The van der Waals surface area contributed by atoms with Crippen molar-refractivity contribution >= 4 is 17.8 Å². The average molecular weight is 449 g/mol. The molecule has 1 aromatic heterocycles. The van der Waals surface area contributed by atoms with Crippen LogP contribution in [0.15, 0.2) is 128 Å². The molecule has 0 saturated heterocycles. The van der Waals surface area contributed by atoms with Gasteiger partial charge in [0.25, 0.3) is 0 Å². The van der Waals surface area contributed by atoms with Crippen LogP contribution in [0.4, 0.5) is 0 Å². The first-order valence-corrected chi connectivity index (χ1v) is 12.4. The lowest BCUT2D eigenvalue weighted by Gasteiger charge is -2.21. The molecule has 3 aromatic carbocycles. The van der Waals surface area contributed by atoms with Crippen molar-refractivity contribution in [2.24, 2.45) is 0 Å². The maximum atomic E-state index is 14.5. The predicted molar refractivity (Wildman–Crippen MR) is 139 cm³/mol. The Hall–Kier alpha value is -3.81. The zero-order chi connectivity index (χ0) is 23.3. The number of allylic oxidation sites excluding steroid dienone is 4. The van der Waals surface area contributed by atoms with Crippen LogP contribution in [0, 0.1) is 6.92 Å². The third-order valence-electron chi connectivity index (χ3n) is 5.42. The van der Waals surface area contributed by atoms with Crippen molar-refractivity contribution in [3.63, 3.8) is 0 Å². The average Bonchev–Trinajstić information content (AvgIpc) is 2.87. The van der Waals surface area contributed by atoms with Gasteiger partial charge < -0.3 is 4.57 Å². The van der Waals surface area contributed by atoms with E-state index >= 15 is 0 Å². The molecule has 0 aliphatic rings. The van der Waals surface area contributed by atoms with Crippen molar-refractivity contribution < 1.29 is 4.57 Å². The summed E-state index contributed by atoms with van der Waals surface area (Å²) in [5, 5.41) is 2.15. The molecule has 0 bridgehead atoms. The summed E-state index contributed by atoms with van der Waals surface area (Å²) < 4.78 is 14.5. The fourth-order valence-corrected chi connectivity index (χ4v) is 6.45. The second-order valence-corrected chi connectivity index (χ2v) is 10.3. The fourth-order valence-electron chi connectivity index (χ4n) is 3.82. The van der Waals surface area contributed by atoms with E-state index in [-0.39, 0.29) is 0 Å². The Kier molecular flexibility index (Phi) is 6.63. The number of benzene rings is 3. The molecule has 0 spiro atoms. The summed E-state index contributed by atoms with van der Waals surface area (Å²) in [6, 6.07) is 29.3. The van der Waals surface area contributed by atoms with E-state index in [1.54, 1.807) is 18.2 Å². The summed E-state index contributed by atoms with van der Waals surface area (Å²) in [4.78, 5) is 9.24. The van der Waals surface area contributed by atoms with Gasteiger partial charge in [0.2, 0.25) is 0 Å². The number of hydrogen-bond donors (Lipinski definition) is 0. The van der Waals surface area contributed by atoms with Crippen LogP contribution in [0.25, 0.3) is 22.5 Å². The minimum Gasteiger partial charge on any atom is -0.309 e. The molecule has 0 amide bonds. The molecule has 33 heavy (non-hydrogen) atoms. The van der Waals surface area contributed by atoms with Crippen molar-refractivity contribution in [2.45, 2.75) is 6.92 Å². The highest BCUT2D eigenvalue weighted by molar-refractivity contribution is 7.82. The van der Waals surface area contributed by atoms with Crippen molar-refractivity contribution in [2.75, 3.05) is 0 Å². The molecule has 1 atom stereocenters. The number of aryl methyl sites for hydroxylation is 1. The minimum atomic E-state index is -3.09. The Morgan fingerprint density at radius 2 is 1.27 bits per heavy atom. The molecule has 0 radical (unpaired) electrons. The molecule has 0 aliphatic carbocycles. The lowest BCUT2D eigenvalue weighted by Crippen LogP contribution is -2.17. The van der Waals surface area contributed by atoms with Gasteiger partial charge in [-0.05, 0) is 13.0 Å². The van der Waals surface area contributed by atoms with Crippen LogP contribution >= 0.6 is 7.14 Å². The van der Waals surface area contributed by atoms with Crippen molar-refractivity contribution in [1.29, 1.82) is 0 Å². The van der Waals surface area contributed by atoms with Gasteiger partial charge in [-0.25, -0.2) is 9.97 Å². The number of rotatable bonds is 7. The Balaban J connectivity index is 1.80. The zero-order valence-electron chi connectivity index (χ0n) is 18.6. The van der Waals surface area contributed by atoms with Gasteiger partial charge >= 0.3 is 0 Å². The quantitative estimate of drug-likeness (QED) is 0.234. The summed E-state index contributed by atoms with van der Waals surface area (Å²) in [6.07, 6.45) is 5.08. The second-order valence-electron chi connectivity index (χ2n) is 7.57. The molecule has 1 heterocycles. The summed E-state index contributed by atoms with van der Waals surface area (Å²) in [5.74, 6) is 0.702. The SMILES string of the molecule is C=CC=C(C=C)P(=O)(c1ccccc1)c1ccc(-c2cc(-c3ccccc3)nc(C)n2)cc1. The number of aromatic nitrogens is 2. The summed E-state index contributed by atoms with van der Waals surface area (Å²) in [5.41, 5.74) is 3.68. The largest absolute Gasteiger partial charge is 0.309 e. The molecule has 0 N–H and O–H groups in total. The summed E-state index contributed by atoms with van der Waals surface area (Å²) in [7, 11) is -3.09. The molecule has 0 saturated carbocycles. The first-order valence-electron chi connectivity index (χ1n) is 10.7. The van der Waals surface area contributed by atoms with Crippen LogP contribution in [0.3, 0.4) is 0 Å². The van der Waals surface area contributed by atoms with Crippen LogP contribution in [0.5, 0.6) is 0 Å². The van der Waals surface area contributed by atoms with Gasteiger partial charge in [0.15, 0.2) is 7.14 Å². The van der Waals surface area contributed by atoms with E-state index in [4.69, 9.17) is 0 Å². The Morgan fingerprint density at radius 3 is 1.82 bits per heavy atom. The molecule has 4 rings (SSSR count). The highest BCUT2D eigenvalue weighted by Gasteiger charge is 2.30. The third-order valence-corrected chi connectivity index (χ3v) is 8.52. The molecule has 0 fully saturated rings. The highest BCUT2D eigenvalue weighted by atomic mass is 31.2. The maximum Gasteiger partial charge on any atom is 0.170 e. The van der Waals surface area contributed by atoms with Crippen LogP contribution in [0.1, 0.15) is 5.82 Å².